The average molecular weight is 236 g/mol. The number of nitrogens with zero attached hydrogens (tertiary/aromatic N) is 3. The van der Waals surface area contributed by atoms with Crippen LogP contribution in [0, 0.1) is 6.92 Å². The van der Waals surface area contributed by atoms with Crippen LogP contribution in [0.1, 0.15) is 37.6 Å². The zero-order valence-electron chi connectivity index (χ0n) is 10.6. The average Bonchev–Trinajstić information content (AvgIpc) is 2.68. The second-order valence-electron chi connectivity index (χ2n) is 4.96. The van der Waals surface area contributed by atoms with Crippen molar-refractivity contribution >= 4 is 11.6 Å². The van der Waals surface area contributed by atoms with Crippen molar-refractivity contribution in [2.45, 2.75) is 39.2 Å². The molecule has 0 bridgehead atoms. The van der Waals surface area contributed by atoms with Crippen LogP contribution in [0.3, 0.4) is 0 Å². The summed E-state index contributed by atoms with van der Waals surface area (Å²) in [6, 6.07) is 0. The molecule has 5 nitrogen and oxygen atoms in total. The molecule has 94 valence electrons. The Kier molecular flexibility index (Phi) is 3.19. The summed E-state index contributed by atoms with van der Waals surface area (Å²) in [6.45, 7) is 7.49. The first-order chi connectivity index (χ1) is 7.99. The maximum absolute atomic E-state index is 9.58. The third-order valence-corrected chi connectivity index (χ3v) is 3.15. The Morgan fingerprint density at radius 1 is 1.41 bits per heavy atom. The van der Waals surface area contributed by atoms with Crippen molar-refractivity contribution in [3.8, 4) is 0 Å². The van der Waals surface area contributed by atoms with Gasteiger partial charge in [0.15, 0.2) is 0 Å². The van der Waals surface area contributed by atoms with E-state index < -0.39 is 0 Å². The summed E-state index contributed by atoms with van der Waals surface area (Å²) in [4.78, 5) is 11.0. The van der Waals surface area contributed by atoms with E-state index >= 15 is 0 Å². The van der Waals surface area contributed by atoms with E-state index in [0.717, 1.165) is 30.2 Å². The molecule has 0 radical (unpaired) electrons. The predicted molar refractivity (Wildman–Crippen MR) is 68.1 cm³/mol. The number of hydrogen-bond donors (Lipinski definition) is 2. The van der Waals surface area contributed by atoms with E-state index in [0.29, 0.717) is 12.4 Å². The van der Waals surface area contributed by atoms with Crippen LogP contribution in [0.4, 0.5) is 11.6 Å². The molecule has 1 unspecified atom stereocenters. The maximum atomic E-state index is 9.58. The molecule has 0 amide bonds. The largest absolute Gasteiger partial charge is 0.391 e. The molecule has 1 aromatic heterocycles. The van der Waals surface area contributed by atoms with E-state index in [1.165, 1.54) is 0 Å². The van der Waals surface area contributed by atoms with Crippen molar-refractivity contribution in [2.75, 3.05) is 23.7 Å². The molecular weight excluding hydrogens is 216 g/mol. The van der Waals surface area contributed by atoms with Gasteiger partial charge in [-0.3, -0.25) is 0 Å². The fourth-order valence-electron chi connectivity index (χ4n) is 2.04. The molecule has 1 saturated heterocycles. The zero-order chi connectivity index (χ0) is 12.6. The van der Waals surface area contributed by atoms with Crippen LogP contribution < -0.4 is 10.6 Å². The molecule has 1 aliphatic rings. The summed E-state index contributed by atoms with van der Waals surface area (Å²) in [5.41, 5.74) is 6.83. The Labute approximate surface area is 102 Å². The molecule has 0 spiro atoms. The third-order valence-electron chi connectivity index (χ3n) is 3.15. The topological polar surface area (TPSA) is 75.3 Å². The van der Waals surface area contributed by atoms with Crippen molar-refractivity contribution in [1.82, 2.24) is 9.97 Å². The Hall–Kier alpha value is -1.36. The highest BCUT2D eigenvalue weighted by molar-refractivity contribution is 5.57. The Balaban J connectivity index is 2.38. The Morgan fingerprint density at radius 3 is 2.65 bits per heavy atom. The highest BCUT2D eigenvalue weighted by atomic mass is 16.3. The summed E-state index contributed by atoms with van der Waals surface area (Å²) in [6.07, 6.45) is 0.536. The van der Waals surface area contributed by atoms with Gasteiger partial charge in [0.25, 0.3) is 0 Å². The molecule has 2 heterocycles. The SMILES string of the molecule is Cc1c(N)nc(C(C)C)nc1N1CCC(O)C1. The predicted octanol–water partition coefficient (Wildman–Crippen LogP) is 1.06. The van der Waals surface area contributed by atoms with Crippen LogP contribution in [0.5, 0.6) is 0 Å². The summed E-state index contributed by atoms with van der Waals surface area (Å²) in [5, 5.41) is 9.58. The normalized spacial score (nSPS) is 20.3. The smallest absolute Gasteiger partial charge is 0.137 e. The van der Waals surface area contributed by atoms with Crippen LogP contribution in [-0.4, -0.2) is 34.3 Å². The Bertz CT molecular complexity index is 419. The Morgan fingerprint density at radius 2 is 2.12 bits per heavy atom. The fourth-order valence-corrected chi connectivity index (χ4v) is 2.04. The fraction of sp³-hybridized carbons (Fsp3) is 0.667. The van der Waals surface area contributed by atoms with Crippen LogP contribution in [0.15, 0.2) is 0 Å². The molecule has 1 aromatic rings. The number of aliphatic hydroxyl groups excluding tert-OH is 1. The van der Waals surface area contributed by atoms with Crippen molar-refractivity contribution in [3.63, 3.8) is 0 Å². The van der Waals surface area contributed by atoms with Gasteiger partial charge in [-0.15, -0.1) is 0 Å². The van der Waals surface area contributed by atoms with Crippen LogP contribution in [0.2, 0.25) is 0 Å². The molecule has 1 aliphatic heterocycles. The van der Waals surface area contributed by atoms with E-state index in [9.17, 15) is 5.11 Å². The minimum absolute atomic E-state index is 0.254. The number of β-amino-alcohol motifs (C(OH)–C–C–N with tert-alkyl or cyclic N) is 1. The zero-order valence-corrected chi connectivity index (χ0v) is 10.6. The van der Waals surface area contributed by atoms with Gasteiger partial charge < -0.3 is 15.7 Å². The van der Waals surface area contributed by atoms with Gasteiger partial charge >= 0.3 is 0 Å². The van der Waals surface area contributed by atoms with E-state index in [-0.39, 0.29) is 12.0 Å². The van der Waals surface area contributed by atoms with Crippen LogP contribution >= 0.6 is 0 Å². The summed E-state index contributed by atoms with van der Waals surface area (Å²) in [7, 11) is 0. The van der Waals surface area contributed by atoms with Crippen molar-refractivity contribution in [3.05, 3.63) is 11.4 Å². The highest BCUT2D eigenvalue weighted by Crippen LogP contribution is 2.26. The summed E-state index contributed by atoms with van der Waals surface area (Å²) < 4.78 is 0. The van der Waals surface area contributed by atoms with Gasteiger partial charge in [-0.2, -0.15) is 0 Å². The van der Waals surface area contributed by atoms with Gasteiger partial charge in [0.05, 0.1) is 6.10 Å². The van der Waals surface area contributed by atoms with Crippen molar-refractivity contribution in [1.29, 1.82) is 0 Å². The van der Waals surface area contributed by atoms with E-state index in [4.69, 9.17) is 5.73 Å². The number of aliphatic hydroxyl groups is 1. The molecular formula is C12H20N4O. The van der Waals surface area contributed by atoms with E-state index in [1.54, 1.807) is 0 Å². The quantitative estimate of drug-likeness (QED) is 0.803. The van der Waals surface area contributed by atoms with E-state index in [2.05, 4.69) is 14.9 Å². The number of nitrogens with two attached hydrogens (primary N) is 1. The maximum Gasteiger partial charge on any atom is 0.137 e. The van der Waals surface area contributed by atoms with Crippen molar-refractivity contribution in [2.24, 2.45) is 0 Å². The molecule has 5 heteroatoms. The lowest BCUT2D eigenvalue weighted by Crippen LogP contribution is -2.24. The molecule has 0 aromatic carbocycles. The van der Waals surface area contributed by atoms with Gasteiger partial charge in [0, 0.05) is 24.6 Å². The van der Waals surface area contributed by atoms with Gasteiger partial charge in [-0.25, -0.2) is 9.97 Å². The minimum atomic E-state index is -0.256. The number of aromatic nitrogens is 2. The lowest BCUT2D eigenvalue weighted by molar-refractivity contribution is 0.198. The first kappa shape index (κ1) is 12.1. The third kappa shape index (κ3) is 2.34. The van der Waals surface area contributed by atoms with Gasteiger partial charge in [0.2, 0.25) is 0 Å². The standard InChI is InChI=1S/C12H20N4O/c1-7(2)11-14-10(13)8(3)12(15-11)16-5-4-9(17)6-16/h7,9,17H,4-6H2,1-3H3,(H2,13,14,15). The van der Waals surface area contributed by atoms with Crippen LogP contribution in [-0.2, 0) is 0 Å². The lowest BCUT2D eigenvalue weighted by Gasteiger charge is -2.21. The molecule has 3 N–H and O–H groups in total. The molecule has 17 heavy (non-hydrogen) atoms. The van der Waals surface area contributed by atoms with Gasteiger partial charge in [-0.05, 0) is 13.3 Å². The van der Waals surface area contributed by atoms with Crippen molar-refractivity contribution < 1.29 is 5.11 Å². The van der Waals surface area contributed by atoms with E-state index in [1.807, 2.05) is 20.8 Å². The number of hydrogen-bond acceptors (Lipinski definition) is 5. The highest BCUT2D eigenvalue weighted by Gasteiger charge is 2.24. The molecule has 0 saturated carbocycles. The molecule has 1 fully saturated rings. The molecule has 0 aliphatic carbocycles. The minimum Gasteiger partial charge on any atom is -0.391 e. The monoisotopic (exact) mass is 236 g/mol. The van der Waals surface area contributed by atoms with Crippen LogP contribution in [0.25, 0.3) is 0 Å². The molecule has 2 rings (SSSR count). The number of nitrogen functional groups attached to an aromatic ring is 1. The van der Waals surface area contributed by atoms with Gasteiger partial charge in [-0.1, -0.05) is 13.8 Å². The first-order valence-corrected chi connectivity index (χ1v) is 6.06. The first-order valence-electron chi connectivity index (χ1n) is 6.06. The lowest BCUT2D eigenvalue weighted by atomic mass is 10.2. The second kappa shape index (κ2) is 4.49. The van der Waals surface area contributed by atoms with Gasteiger partial charge in [0.1, 0.15) is 17.5 Å². The molecule has 1 atom stereocenters. The summed E-state index contributed by atoms with van der Waals surface area (Å²) in [5.74, 6) is 2.44. The summed E-state index contributed by atoms with van der Waals surface area (Å²) >= 11 is 0. The number of anilines is 2. The second-order valence-corrected chi connectivity index (χ2v) is 4.96. The number of rotatable bonds is 2.